The van der Waals surface area contributed by atoms with Gasteiger partial charge in [0.2, 0.25) is 0 Å². The summed E-state index contributed by atoms with van der Waals surface area (Å²) in [5.41, 5.74) is 7.26. The Morgan fingerprint density at radius 1 is 1.19 bits per heavy atom. The summed E-state index contributed by atoms with van der Waals surface area (Å²) in [4.78, 5) is 12.8. The van der Waals surface area contributed by atoms with E-state index in [0.29, 0.717) is 23.0 Å². The van der Waals surface area contributed by atoms with E-state index >= 15 is 0 Å². The Morgan fingerprint density at radius 2 is 1.86 bits per heavy atom. The van der Waals surface area contributed by atoms with Crippen LogP contribution in [0, 0.1) is 0 Å². The van der Waals surface area contributed by atoms with Crippen LogP contribution in [0.4, 0.5) is 0 Å². The number of carbonyl (C=O) groups excluding carboxylic acids is 1. The highest BCUT2D eigenvalue weighted by Crippen LogP contribution is 2.17. The van der Waals surface area contributed by atoms with Gasteiger partial charge in [-0.2, -0.15) is 0 Å². The second kappa shape index (κ2) is 8.13. The molecule has 0 bridgehead atoms. The molecule has 0 radical (unpaired) electrons. The first-order valence-electron chi connectivity index (χ1n) is 7.83. The molecule has 1 amide bonds. The van der Waals surface area contributed by atoms with E-state index in [9.17, 15) is 4.79 Å². The van der Waals surface area contributed by atoms with Gasteiger partial charge < -0.3 is 11.1 Å². The molecule has 1 aromatic carbocycles. The minimum atomic E-state index is 0.0189. The van der Waals surface area contributed by atoms with Crippen molar-refractivity contribution in [3.63, 3.8) is 0 Å². The molecule has 0 aromatic heterocycles. The Labute approximate surface area is 132 Å². The maximum atomic E-state index is 12.4. The molecule has 0 heterocycles. The Kier molecular flexibility index (Phi) is 6.18. The van der Waals surface area contributed by atoms with E-state index < -0.39 is 0 Å². The number of hydrogen-bond donors (Lipinski definition) is 2. The van der Waals surface area contributed by atoms with Crippen LogP contribution in [0.1, 0.15) is 60.9 Å². The van der Waals surface area contributed by atoms with Crippen LogP contribution in [0.25, 0.3) is 0 Å². The Hall–Kier alpha value is -1.42. The lowest BCUT2D eigenvalue weighted by Crippen LogP contribution is -2.35. The van der Waals surface area contributed by atoms with Crippen molar-refractivity contribution in [1.29, 1.82) is 0 Å². The summed E-state index contributed by atoms with van der Waals surface area (Å²) in [6.07, 6.45) is 9.07. The first kappa shape index (κ1) is 16.0. The second-order valence-electron chi connectivity index (χ2n) is 5.86. The lowest BCUT2D eigenvalue weighted by molar-refractivity contribution is 0.0930. The first-order valence-corrected chi connectivity index (χ1v) is 8.24. The quantitative estimate of drug-likeness (QED) is 0.839. The highest BCUT2D eigenvalue weighted by atomic mass is 32.1. The summed E-state index contributed by atoms with van der Waals surface area (Å²) < 4.78 is 0. The molecule has 1 aliphatic rings. The molecule has 21 heavy (non-hydrogen) atoms. The van der Waals surface area contributed by atoms with Crippen molar-refractivity contribution >= 4 is 23.1 Å². The largest absolute Gasteiger partial charge is 0.393 e. The van der Waals surface area contributed by atoms with E-state index in [-0.39, 0.29) is 5.91 Å². The number of amides is 1. The van der Waals surface area contributed by atoms with Gasteiger partial charge in [0.1, 0.15) is 0 Å². The third kappa shape index (κ3) is 5.46. The van der Waals surface area contributed by atoms with Gasteiger partial charge in [0, 0.05) is 18.0 Å². The van der Waals surface area contributed by atoms with E-state index in [1.807, 2.05) is 24.3 Å². The monoisotopic (exact) mass is 304 g/mol. The number of hydrogen-bond acceptors (Lipinski definition) is 2. The highest BCUT2D eigenvalue weighted by molar-refractivity contribution is 7.80. The van der Waals surface area contributed by atoms with Gasteiger partial charge in [0.25, 0.3) is 5.91 Å². The van der Waals surface area contributed by atoms with Crippen molar-refractivity contribution in [3.05, 3.63) is 35.4 Å². The fourth-order valence-corrected chi connectivity index (χ4v) is 3.06. The van der Waals surface area contributed by atoms with Crippen LogP contribution in [-0.2, 0) is 6.42 Å². The maximum absolute atomic E-state index is 12.4. The van der Waals surface area contributed by atoms with Crippen molar-refractivity contribution in [3.8, 4) is 0 Å². The molecule has 0 unspecified atom stereocenters. The molecular weight excluding hydrogens is 280 g/mol. The van der Waals surface area contributed by atoms with E-state index in [0.717, 1.165) is 18.4 Å². The molecular formula is C17H24N2OS. The topological polar surface area (TPSA) is 55.1 Å². The molecule has 2 rings (SSSR count). The summed E-state index contributed by atoms with van der Waals surface area (Å²) >= 11 is 4.92. The molecule has 0 saturated heterocycles. The van der Waals surface area contributed by atoms with Crippen LogP contribution < -0.4 is 11.1 Å². The van der Waals surface area contributed by atoms with Crippen LogP contribution in [0.3, 0.4) is 0 Å². The van der Waals surface area contributed by atoms with Crippen LogP contribution in [0.5, 0.6) is 0 Å². The summed E-state index contributed by atoms with van der Waals surface area (Å²) in [5, 5.41) is 3.18. The highest BCUT2D eigenvalue weighted by Gasteiger charge is 2.15. The third-order valence-corrected chi connectivity index (χ3v) is 4.15. The van der Waals surface area contributed by atoms with E-state index in [2.05, 4.69) is 5.32 Å². The number of rotatable bonds is 4. The smallest absolute Gasteiger partial charge is 0.251 e. The number of thiocarbonyl (C=S) groups is 1. The lowest BCUT2D eigenvalue weighted by Gasteiger charge is -2.21. The molecule has 0 aliphatic heterocycles. The number of benzene rings is 1. The average Bonchev–Trinajstić information content (AvgIpc) is 2.41. The molecule has 1 saturated carbocycles. The number of carbonyl (C=O) groups is 1. The standard InChI is InChI=1S/C17H24N2OS/c18-16(21)12-13-7-6-8-14(11-13)17(20)19-15-9-4-2-1-3-5-10-15/h6-8,11,15H,1-5,9-10,12H2,(H2,18,21)(H,19,20). The number of nitrogens with one attached hydrogen (secondary N) is 1. The second-order valence-corrected chi connectivity index (χ2v) is 6.38. The van der Waals surface area contributed by atoms with Gasteiger partial charge in [-0.05, 0) is 30.5 Å². The molecule has 3 N–H and O–H groups in total. The van der Waals surface area contributed by atoms with Crippen LogP contribution in [-0.4, -0.2) is 16.9 Å². The molecule has 0 spiro atoms. The zero-order chi connectivity index (χ0) is 15.1. The predicted molar refractivity (Wildman–Crippen MR) is 90.5 cm³/mol. The SMILES string of the molecule is NC(=S)Cc1cccc(C(=O)NC2CCCCCCC2)c1. The summed E-state index contributed by atoms with van der Waals surface area (Å²) in [6.45, 7) is 0. The zero-order valence-corrected chi connectivity index (χ0v) is 13.3. The minimum Gasteiger partial charge on any atom is -0.393 e. The van der Waals surface area contributed by atoms with Crippen molar-refractivity contribution in [2.24, 2.45) is 5.73 Å². The van der Waals surface area contributed by atoms with Gasteiger partial charge in [-0.15, -0.1) is 0 Å². The Morgan fingerprint density at radius 3 is 2.52 bits per heavy atom. The van der Waals surface area contributed by atoms with Gasteiger partial charge in [-0.3, -0.25) is 4.79 Å². The molecule has 114 valence electrons. The summed E-state index contributed by atoms with van der Waals surface area (Å²) in [5.74, 6) is 0.0189. The van der Waals surface area contributed by atoms with Crippen molar-refractivity contribution in [2.75, 3.05) is 0 Å². The van der Waals surface area contributed by atoms with Gasteiger partial charge in [0.15, 0.2) is 0 Å². The normalized spacial score (nSPS) is 16.8. The molecule has 0 atom stereocenters. The molecule has 1 aromatic rings. The molecule has 4 heteroatoms. The molecule has 1 aliphatic carbocycles. The van der Waals surface area contributed by atoms with Crippen molar-refractivity contribution < 1.29 is 4.79 Å². The predicted octanol–water partition coefficient (Wildman–Crippen LogP) is 3.36. The van der Waals surface area contributed by atoms with E-state index in [4.69, 9.17) is 18.0 Å². The minimum absolute atomic E-state index is 0.0189. The van der Waals surface area contributed by atoms with Crippen molar-refractivity contribution in [1.82, 2.24) is 5.32 Å². The van der Waals surface area contributed by atoms with Crippen LogP contribution in [0.2, 0.25) is 0 Å². The third-order valence-electron chi connectivity index (χ3n) is 4.01. The van der Waals surface area contributed by atoms with Gasteiger partial charge in [-0.25, -0.2) is 0 Å². The summed E-state index contributed by atoms with van der Waals surface area (Å²) in [6, 6.07) is 7.89. The van der Waals surface area contributed by atoms with Crippen molar-refractivity contribution in [2.45, 2.75) is 57.4 Å². The Bertz CT molecular complexity index is 493. The molecule has 3 nitrogen and oxygen atoms in total. The zero-order valence-electron chi connectivity index (χ0n) is 12.4. The van der Waals surface area contributed by atoms with Gasteiger partial charge in [-0.1, -0.05) is 56.5 Å². The fourth-order valence-electron chi connectivity index (χ4n) is 2.89. The maximum Gasteiger partial charge on any atom is 0.251 e. The number of nitrogens with two attached hydrogens (primary N) is 1. The lowest BCUT2D eigenvalue weighted by atomic mass is 9.96. The van der Waals surface area contributed by atoms with E-state index in [1.165, 1.54) is 32.1 Å². The molecule has 1 fully saturated rings. The van der Waals surface area contributed by atoms with Gasteiger partial charge in [0.05, 0.1) is 4.99 Å². The average molecular weight is 304 g/mol. The fraction of sp³-hybridized carbons (Fsp3) is 0.529. The Balaban J connectivity index is 1.96. The van der Waals surface area contributed by atoms with Crippen LogP contribution in [0.15, 0.2) is 24.3 Å². The van der Waals surface area contributed by atoms with E-state index in [1.54, 1.807) is 0 Å². The van der Waals surface area contributed by atoms with Gasteiger partial charge >= 0.3 is 0 Å². The summed E-state index contributed by atoms with van der Waals surface area (Å²) in [7, 11) is 0. The van der Waals surface area contributed by atoms with Crippen LogP contribution >= 0.6 is 12.2 Å². The first-order chi connectivity index (χ1) is 10.1.